The predicted octanol–water partition coefficient (Wildman–Crippen LogP) is 8.04. The van der Waals surface area contributed by atoms with Crippen molar-refractivity contribution in [2.45, 2.75) is 197 Å². The van der Waals surface area contributed by atoms with Crippen molar-refractivity contribution in [3.63, 3.8) is 0 Å². The quantitative estimate of drug-likeness (QED) is 0.120. The Bertz CT molecular complexity index is 2150. The summed E-state index contributed by atoms with van der Waals surface area (Å²) in [6.07, 6.45) is 5.98. The zero-order chi connectivity index (χ0) is 52.3. The van der Waals surface area contributed by atoms with Crippen molar-refractivity contribution in [3.05, 3.63) is 99.3 Å². The summed E-state index contributed by atoms with van der Waals surface area (Å²) in [4.78, 5) is 75.3. The number of aliphatic hydroxyl groups excluding tert-OH is 1. The van der Waals surface area contributed by atoms with Gasteiger partial charge in [-0.2, -0.15) is 0 Å². The topological polar surface area (TPSA) is 212 Å². The number of ether oxygens (including phenoxy) is 3. The highest BCUT2D eigenvalue weighted by Gasteiger charge is 2.54. The van der Waals surface area contributed by atoms with Crippen LogP contribution in [0.5, 0.6) is 0 Å². The molecular weight excluding hydrogens is 950 g/mol. The molecule has 4 N–H and O–H groups in total. The summed E-state index contributed by atoms with van der Waals surface area (Å²) < 4.78 is 37.4. The number of halogens is 4. The monoisotopic (exact) mass is 1030 g/mol. The summed E-state index contributed by atoms with van der Waals surface area (Å²) in [5.41, 5.74) is -4.28. The third-order valence-electron chi connectivity index (χ3n) is 14.6. The van der Waals surface area contributed by atoms with Crippen molar-refractivity contribution in [1.82, 2.24) is 28.7 Å². The van der Waals surface area contributed by atoms with E-state index in [1.54, 1.807) is 0 Å². The first-order valence-corrected chi connectivity index (χ1v) is 27.8. The van der Waals surface area contributed by atoms with Gasteiger partial charge in [0, 0.05) is 56.7 Å². The molecule has 0 bridgehead atoms. The molecule has 0 spiro atoms. The minimum Gasteiger partial charge on any atom is -0.388 e. The standard InChI is InChI=1S/2C13H19ClN2O3.C12H17ClN2O4.C7H18Si.CH3F/c2*1-4-13(5-2)8(3)10(14)11(19-13)16-7-6-9(17)15-12(16)18;1-3-12(4-2)9(17)8(13)10(19-12)15-6-5-7(16)14-11(15)18;1-7(2,3)8(4,5)6;1-2/h2*6-8,10-11H,4-5H2,1-3H3,(H,15,17,18);5-6,8-10,17H,3-4H2,1-2H3,(H,14,16,18);1-6H3;1H3/t2*8-,10+,11+;8-,9+,10-;;/m001../s1/i;;;;1D. The molecule has 0 aliphatic carbocycles. The number of aromatic nitrogens is 6. The average molecular weight is 1030 g/mol. The maximum atomic E-state index is 11.8. The van der Waals surface area contributed by atoms with Gasteiger partial charge in [0.05, 0.1) is 36.1 Å². The zero-order valence-electron chi connectivity index (χ0n) is 42.6. The molecule has 3 aromatic heterocycles. The molecule has 3 saturated heterocycles. The fourth-order valence-electron chi connectivity index (χ4n) is 8.19. The average Bonchev–Trinajstić information content (AvgIpc) is 3.79. The summed E-state index contributed by atoms with van der Waals surface area (Å²) in [5, 5.41) is 9.47. The Kier molecular flexibility index (Phi) is 21.4. The molecule has 16 nitrogen and oxygen atoms in total. The first-order chi connectivity index (χ1) is 31.5. The lowest BCUT2D eigenvalue weighted by atomic mass is 9.84. The number of rotatable bonds is 9. The maximum absolute atomic E-state index is 11.8. The van der Waals surface area contributed by atoms with E-state index < -0.39 is 84.7 Å². The van der Waals surface area contributed by atoms with Crippen LogP contribution in [0.4, 0.5) is 4.39 Å². The molecule has 0 aromatic carbocycles. The molecule has 0 unspecified atom stereocenters. The SMILES string of the molecule is CC(C)(C)[Si](C)(C)C.CCC1(CC)O[C@@H](n2ccc(=O)[nH]c2=O)[C@H](Cl)[C@@H]1C.CCC1(CC)O[C@@H](n2ccc(=O)[nH]c2=O)[C@H](Cl)[C@@H]1C.CCC1(CC)O[C@@H](n2ccc(=O)[nH]c2=O)[C@H](Cl)[C@@H]1O.[2H]CF. The fraction of sp³-hybridized carbons (Fsp3) is 0.739. The Labute approximate surface area is 410 Å². The Balaban J connectivity index is 0.000000316. The largest absolute Gasteiger partial charge is 0.388 e. The minimum atomic E-state index is -1.00. The smallest absolute Gasteiger partial charge is 0.330 e. The van der Waals surface area contributed by atoms with E-state index in [9.17, 15) is 38.3 Å². The maximum Gasteiger partial charge on any atom is 0.330 e. The molecular formula is C46H76Cl3FN6O10Si. The van der Waals surface area contributed by atoms with E-state index in [0.717, 1.165) is 25.7 Å². The van der Waals surface area contributed by atoms with E-state index in [1.165, 1.54) is 50.5 Å². The third kappa shape index (κ3) is 13.4. The van der Waals surface area contributed by atoms with Gasteiger partial charge in [-0.15, -0.1) is 34.8 Å². The number of aliphatic hydroxyl groups is 1. The summed E-state index contributed by atoms with van der Waals surface area (Å²) in [6, 6.07) is 3.83. The van der Waals surface area contributed by atoms with Gasteiger partial charge >= 0.3 is 17.1 Å². The van der Waals surface area contributed by atoms with Crippen LogP contribution in [0.1, 0.15) is 135 Å². The van der Waals surface area contributed by atoms with Crippen molar-refractivity contribution in [2.75, 3.05) is 7.15 Å². The van der Waals surface area contributed by atoms with Crippen LogP contribution in [0.25, 0.3) is 0 Å². The molecule has 3 aromatic rings. The first-order valence-electron chi connectivity index (χ1n) is 23.7. The second-order valence-corrected chi connectivity index (χ2v) is 26.8. The molecule has 0 amide bonds. The molecule has 3 aliphatic heterocycles. The van der Waals surface area contributed by atoms with Crippen LogP contribution < -0.4 is 33.7 Å². The van der Waals surface area contributed by atoms with Crippen LogP contribution in [0.15, 0.2) is 65.6 Å². The van der Waals surface area contributed by atoms with Crippen molar-refractivity contribution in [3.8, 4) is 0 Å². The van der Waals surface area contributed by atoms with E-state index in [4.69, 9.17) is 50.4 Å². The number of nitrogens with zero attached hydrogens (tertiary/aromatic N) is 3. The molecule has 21 heteroatoms. The van der Waals surface area contributed by atoms with Crippen LogP contribution in [0.2, 0.25) is 24.7 Å². The fourth-order valence-corrected chi connectivity index (χ4v) is 9.40. The number of H-pyrrole nitrogens is 3. The van der Waals surface area contributed by atoms with E-state index >= 15 is 0 Å². The highest BCUT2D eigenvalue weighted by Crippen LogP contribution is 2.49. The van der Waals surface area contributed by atoms with Crippen LogP contribution >= 0.6 is 34.8 Å². The van der Waals surface area contributed by atoms with Gasteiger partial charge in [0.2, 0.25) is 0 Å². The lowest BCUT2D eigenvalue weighted by Crippen LogP contribution is -2.40. The second-order valence-electron chi connectivity index (χ2n) is 19.2. The Morgan fingerprint density at radius 3 is 1.04 bits per heavy atom. The molecule has 3 aliphatic rings. The van der Waals surface area contributed by atoms with Crippen molar-refractivity contribution in [1.29, 1.82) is 0 Å². The van der Waals surface area contributed by atoms with Gasteiger partial charge in [-0.3, -0.25) is 47.4 Å². The summed E-state index contributed by atoms with van der Waals surface area (Å²) in [5.74, 6) is 0.265. The third-order valence-corrected chi connectivity index (χ3v) is 20.7. The molecule has 3 fully saturated rings. The molecule has 0 saturated carbocycles. The Morgan fingerprint density at radius 1 is 0.612 bits per heavy atom. The highest BCUT2D eigenvalue weighted by atomic mass is 35.5. The minimum absolute atomic E-state index is 0.132. The van der Waals surface area contributed by atoms with Gasteiger partial charge in [-0.25, -0.2) is 14.4 Å². The van der Waals surface area contributed by atoms with Gasteiger partial charge < -0.3 is 19.3 Å². The Hall–Kier alpha value is -3.10. The van der Waals surface area contributed by atoms with Gasteiger partial charge in [0.15, 0.2) is 18.7 Å². The molecule has 67 heavy (non-hydrogen) atoms. The van der Waals surface area contributed by atoms with Crippen LogP contribution in [0.3, 0.4) is 0 Å². The molecule has 382 valence electrons. The van der Waals surface area contributed by atoms with Crippen LogP contribution in [0, 0.1) is 11.8 Å². The summed E-state index contributed by atoms with van der Waals surface area (Å²) >= 11 is 19.1. The van der Waals surface area contributed by atoms with E-state index in [1.807, 2.05) is 27.7 Å². The van der Waals surface area contributed by atoms with Crippen LogP contribution in [-0.2, 0) is 14.2 Å². The van der Waals surface area contributed by atoms with Crippen molar-refractivity contribution < 1.29 is 25.1 Å². The molecule has 0 radical (unpaired) electrons. The first kappa shape index (κ1) is 58.2. The van der Waals surface area contributed by atoms with Gasteiger partial charge in [0.1, 0.15) is 11.5 Å². The summed E-state index contributed by atoms with van der Waals surface area (Å²) in [6.45, 7) is 30.3. The second kappa shape index (κ2) is 24.6. The molecule has 9 atom stereocenters. The number of hydrogen-bond donors (Lipinski definition) is 4. The zero-order valence-corrected chi connectivity index (χ0v) is 44.9. The predicted molar refractivity (Wildman–Crippen MR) is 268 cm³/mol. The number of nitrogens with one attached hydrogen (secondary N) is 3. The molecule has 6 rings (SSSR count). The van der Waals surface area contributed by atoms with Crippen molar-refractivity contribution in [2.24, 2.45) is 11.8 Å². The van der Waals surface area contributed by atoms with Crippen LogP contribution in [-0.4, -0.2) is 88.0 Å². The number of hydrogen-bond acceptors (Lipinski definition) is 10. The van der Waals surface area contributed by atoms with Gasteiger partial charge in [0.25, 0.3) is 16.7 Å². The molecule has 6 heterocycles. The van der Waals surface area contributed by atoms with Crippen molar-refractivity contribution >= 4 is 42.9 Å². The van der Waals surface area contributed by atoms with E-state index in [0.29, 0.717) is 17.9 Å². The normalized spacial score (nSPS) is 27.1. The lowest BCUT2D eigenvalue weighted by Gasteiger charge is -2.32. The van der Waals surface area contributed by atoms with E-state index in [-0.39, 0.29) is 33.8 Å². The summed E-state index contributed by atoms with van der Waals surface area (Å²) in [7, 11) is -1.86. The van der Waals surface area contributed by atoms with Gasteiger partial charge in [-0.1, -0.05) is 95.8 Å². The van der Waals surface area contributed by atoms with E-state index in [2.05, 4.69) is 83.1 Å². The Morgan fingerprint density at radius 2 is 0.851 bits per heavy atom. The number of aromatic amines is 3. The highest BCUT2D eigenvalue weighted by molar-refractivity contribution is 6.78. The number of alkyl halides is 4. The van der Waals surface area contributed by atoms with Gasteiger partial charge in [-0.05, 0) is 43.6 Å². The lowest BCUT2D eigenvalue weighted by molar-refractivity contribution is -0.107.